The molecule has 0 bridgehead atoms. The number of nitrogens with one attached hydrogen (secondary N) is 2. The molecule has 10 heteroatoms. The second-order valence-corrected chi connectivity index (χ2v) is 8.87. The van der Waals surface area contributed by atoms with Gasteiger partial charge in [-0.3, -0.25) is 14.5 Å². The first-order chi connectivity index (χ1) is 17.8. The van der Waals surface area contributed by atoms with Crippen molar-refractivity contribution in [3.05, 3.63) is 78.5 Å². The molecular weight excluding hydrogens is 475 g/mol. The summed E-state index contributed by atoms with van der Waals surface area (Å²) in [6.45, 7) is 2.94. The van der Waals surface area contributed by atoms with Gasteiger partial charge in [-0.25, -0.2) is 9.18 Å². The maximum absolute atomic E-state index is 14.8. The first kappa shape index (κ1) is 24.0. The molecule has 3 heterocycles. The summed E-state index contributed by atoms with van der Waals surface area (Å²) in [4.78, 5) is 30.5. The van der Waals surface area contributed by atoms with Crippen LogP contribution in [0.1, 0.15) is 12.0 Å². The van der Waals surface area contributed by atoms with Gasteiger partial charge in [0.15, 0.2) is 17.3 Å². The molecule has 0 aliphatic carbocycles. The Balaban J connectivity index is 1.24. The molecule has 1 aliphatic rings. The van der Waals surface area contributed by atoms with Crippen LogP contribution < -0.4 is 20.3 Å². The highest BCUT2D eigenvalue weighted by Crippen LogP contribution is 2.29. The molecule has 2 aromatic heterocycles. The minimum Gasteiger partial charge on any atom is -0.454 e. The Morgan fingerprint density at radius 2 is 1.92 bits per heavy atom. The van der Waals surface area contributed by atoms with Gasteiger partial charge in [0.05, 0.1) is 18.4 Å². The van der Waals surface area contributed by atoms with Gasteiger partial charge in [0.2, 0.25) is 0 Å². The molecule has 1 aliphatic heterocycles. The summed E-state index contributed by atoms with van der Waals surface area (Å²) < 4.78 is 22.2. The van der Waals surface area contributed by atoms with Crippen molar-refractivity contribution in [1.29, 1.82) is 0 Å². The molecule has 0 atom stereocenters. The molecule has 2 aromatic carbocycles. The first-order valence-corrected chi connectivity index (χ1v) is 11.7. The molecule has 0 unspecified atom stereocenters. The number of hydrogen-bond acceptors (Lipinski definition) is 6. The molecule has 1 saturated heterocycles. The average molecular weight is 501 g/mol. The number of benzene rings is 2. The lowest BCUT2D eigenvalue weighted by molar-refractivity contribution is -0.116. The van der Waals surface area contributed by atoms with Crippen LogP contribution in [0.4, 0.5) is 26.2 Å². The third-order valence-corrected chi connectivity index (χ3v) is 5.86. The number of nitrogens with zero attached hydrogens (tertiary/aromatic N) is 4. The third-order valence-electron chi connectivity index (χ3n) is 5.86. The molecule has 4 aromatic rings. The summed E-state index contributed by atoms with van der Waals surface area (Å²) in [5, 5.41) is 9.54. The minimum absolute atomic E-state index is 0.0118. The molecule has 1 fully saturated rings. The van der Waals surface area contributed by atoms with Crippen LogP contribution in [0.25, 0.3) is 11.3 Å². The van der Waals surface area contributed by atoms with E-state index in [1.165, 1.54) is 12.1 Å². The molecule has 0 saturated carbocycles. The van der Waals surface area contributed by atoms with Gasteiger partial charge in [0.1, 0.15) is 5.75 Å². The van der Waals surface area contributed by atoms with Crippen molar-refractivity contribution >= 4 is 28.9 Å². The molecule has 9 nitrogen and oxygen atoms in total. The largest absolute Gasteiger partial charge is 0.454 e. The fourth-order valence-corrected chi connectivity index (χ4v) is 4.14. The Hall–Kier alpha value is -4.73. The number of carbonyl (C=O) groups is 2. The van der Waals surface area contributed by atoms with Gasteiger partial charge < -0.3 is 20.3 Å². The minimum atomic E-state index is -0.630. The Kier molecular flexibility index (Phi) is 6.55. The highest BCUT2D eigenvalue weighted by molar-refractivity contribution is 6.00. The lowest BCUT2D eigenvalue weighted by Crippen LogP contribution is -2.22. The van der Waals surface area contributed by atoms with Crippen LogP contribution in [0.5, 0.6) is 11.5 Å². The average Bonchev–Trinajstić information content (AvgIpc) is 3.49. The molecule has 0 radical (unpaired) electrons. The van der Waals surface area contributed by atoms with Gasteiger partial charge in [-0.05, 0) is 48.9 Å². The predicted molar refractivity (Wildman–Crippen MR) is 139 cm³/mol. The lowest BCUT2D eigenvalue weighted by Gasteiger charge is -2.19. The van der Waals surface area contributed by atoms with E-state index in [0.29, 0.717) is 36.6 Å². The predicted octanol–water partition coefficient (Wildman–Crippen LogP) is 5.15. The first-order valence-electron chi connectivity index (χ1n) is 11.7. The van der Waals surface area contributed by atoms with E-state index < -0.39 is 11.8 Å². The number of ketones is 1. The zero-order chi connectivity index (χ0) is 25.9. The van der Waals surface area contributed by atoms with Crippen molar-refractivity contribution in [2.45, 2.75) is 13.3 Å². The number of aryl methyl sites for hydroxylation is 2. The van der Waals surface area contributed by atoms with E-state index in [0.717, 1.165) is 16.8 Å². The van der Waals surface area contributed by atoms with Crippen LogP contribution in [0.3, 0.4) is 0 Å². The fraction of sp³-hybridized carbons (Fsp3) is 0.185. The topological polar surface area (TPSA) is 101 Å². The normalized spacial score (nSPS) is 13.1. The molecule has 188 valence electrons. The summed E-state index contributed by atoms with van der Waals surface area (Å²) in [5.41, 5.74) is 4.13. The summed E-state index contributed by atoms with van der Waals surface area (Å²) >= 11 is 0. The second-order valence-electron chi connectivity index (χ2n) is 8.87. The molecule has 2 N–H and O–H groups in total. The number of urea groups is 1. The van der Waals surface area contributed by atoms with Gasteiger partial charge in [-0.15, -0.1) is 0 Å². The number of pyridine rings is 1. The number of Topliss-reactive ketones (excluding diaryl/α,β-unsaturated/α-hetero) is 1. The van der Waals surface area contributed by atoms with Crippen molar-refractivity contribution in [3.8, 4) is 22.8 Å². The van der Waals surface area contributed by atoms with Crippen LogP contribution >= 0.6 is 0 Å². The van der Waals surface area contributed by atoms with Gasteiger partial charge in [-0.1, -0.05) is 0 Å². The van der Waals surface area contributed by atoms with Crippen molar-refractivity contribution in [1.82, 2.24) is 14.8 Å². The smallest absolute Gasteiger partial charge is 0.323 e. The van der Waals surface area contributed by atoms with Crippen LogP contribution in [-0.2, 0) is 11.8 Å². The number of hydrogen-bond donors (Lipinski definition) is 2. The van der Waals surface area contributed by atoms with Crippen molar-refractivity contribution in [2.75, 3.05) is 28.6 Å². The SMILES string of the molecule is Cc1cc(NC(=O)Nc2ccc(Oc3ccnc(-c4cnn(C)c4)c3)c(F)c2)cc(N2CCC(=O)C2)c1. The summed E-state index contributed by atoms with van der Waals surface area (Å²) in [5.74, 6) is -0.00546. The number of halogens is 1. The fourth-order valence-electron chi connectivity index (χ4n) is 4.14. The standard InChI is InChI=1S/C27H25FN6O3/c1-17-9-20(11-21(10-17)34-8-6-22(35)16-34)32-27(36)31-19-3-4-26(24(28)12-19)37-23-5-7-29-25(13-23)18-14-30-33(2)15-18/h3-5,7,9-15H,6,8,16H2,1-2H3,(H2,31,32,36). The van der Waals surface area contributed by atoms with Crippen LogP contribution in [-0.4, -0.2) is 39.7 Å². The van der Waals surface area contributed by atoms with E-state index in [2.05, 4.69) is 20.7 Å². The van der Waals surface area contributed by atoms with Crippen molar-refractivity contribution < 1.29 is 18.7 Å². The maximum atomic E-state index is 14.8. The number of anilines is 3. The highest BCUT2D eigenvalue weighted by Gasteiger charge is 2.20. The van der Waals surface area contributed by atoms with Crippen molar-refractivity contribution in [2.24, 2.45) is 7.05 Å². The van der Waals surface area contributed by atoms with Gasteiger partial charge in [-0.2, -0.15) is 5.10 Å². The zero-order valence-corrected chi connectivity index (χ0v) is 20.4. The van der Waals surface area contributed by atoms with Gasteiger partial charge in [0, 0.05) is 67.2 Å². The molecule has 37 heavy (non-hydrogen) atoms. The van der Waals surface area contributed by atoms with Crippen molar-refractivity contribution in [3.63, 3.8) is 0 Å². The molecule has 5 rings (SSSR count). The van der Waals surface area contributed by atoms with E-state index in [-0.39, 0.29) is 17.2 Å². The lowest BCUT2D eigenvalue weighted by atomic mass is 10.2. The van der Waals surface area contributed by atoms with Crippen LogP contribution in [0, 0.1) is 12.7 Å². The Labute approximate surface area is 212 Å². The van der Waals surface area contributed by atoms with E-state index in [4.69, 9.17) is 4.74 Å². The third kappa shape index (κ3) is 5.75. The van der Waals surface area contributed by atoms with Gasteiger partial charge in [0.25, 0.3) is 0 Å². The molecule has 0 spiro atoms. The van der Waals surface area contributed by atoms with Crippen LogP contribution in [0.15, 0.2) is 67.1 Å². The Morgan fingerprint density at radius 3 is 2.65 bits per heavy atom. The Morgan fingerprint density at radius 1 is 1.08 bits per heavy atom. The number of amides is 2. The summed E-state index contributed by atoms with van der Waals surface area (Å²) in [6, 6.07) is 12.6. The van der Waals surface area contributed by atoms with Gasteiger partial charge >= 0.3 is 6.03 Å². The Bertz CT molecular complexity index is 1480. The molecule has 2 amide bonds. The van der Waals surface area contributed by atoms with E-state index >= 15 is 0 Å². The zero-order valence-electron chi connectivity index (χ0n) is 20.4. The number of rotatable bonds is 6. The summed E-state index contributed by atoms with van der Waals surface area (Å²) in [7, 11) is 1.81. The monoisotopic (exact) mass is 500 g/mol. The number of aromatic nitrogens is 3. The maximum Gasteiger partial charge on any atom is 0.323 e. The van der Waals surface area contributed by atoms with E-state index in [1.807, 2.05) is 43.3 Å². The number of ether oxygens (including phenoxy) is 1. The summed E-state index contributed by atoms with van der Waals surface area (Å²) in [6.07, 6.45) is 5.61. The molecular formula is C27H25FN6O3. The number of carbonyl (C=O) groups excluding carboxylic acids is 2. The van der Waals surface area contributed by atoms with E-state index in [1.54, 1.807) is 35.3 Å². The van der Waals surface area contributed by atoms with Crippen LogP contribution in [0.2, 0.25) is 0 Å². The highest BCUT2D eigenvalue weighted by atomic mass is 19.1. The quantitative estimate of drug-likeness (QED) is 0.380. The van der Waals surface area contributed by atoms with E-state index in [9.17, 15) is 14.0 Å². The second kappa shape index (κ2) is 10.1.